The summed E-state index contributed by atoms with van der Waals surface area (Å²) in [4.78, 5) is 8.31. The van der Waals surface area contributed by atoms with Gasteiger partial charge in [-0.2, -0.15) is 0 Å². The Labute approximate surface area is 184 Å². The summed E-state index contributed by atoms with van der Waals surface area (Å²) in [6, 6.07) is 15.1. The highest BCUT2D eigenvalue weighted by Gasteiger charge is 2.21. The number of rotatable bonds is 4. The fourth-order valence-corrected chi connectivity index (χ4v) is 4.39. The lowest BCUT2D eigenvalue weighted by Gasteiger charge is -2.13. The van der Waals surface area contributed by atoms with Crippen LogP contribution in [-0.2, 0) is 10.0 Å². The molecule has 6 nitrogen and oxygen atoms in total. The third-order valence-corrected chi connectivity index (χ3v) is 6.20. The Morgan fingerprint density at radius 1 is 0.968 bits per heavy atom. The molecule has 4 aromatic rings. The number of aromatic nitrogens is 2. The third-order valence-electron chi connectivity index (χ3n) is 4.47. The van der Waals surface area contributed by atoms with Crippen LogP contribution >= 0.6 is 11.6 Å². The Bertz CT molecular complexity index is 1440. The van der Waals surface area contributed by atoms with E-state index >= 15 is 0 Å². The van der Waals surface area contributed by atoms with Crippen molar-refractivity contribution in [2.75, 3.05) is 11.8 Å². The van der Waals surface area contributed by atoms with Crippen LogP contribution in [0.2, 0.25) is 5.02 Å². The second kappa shape index (κ2) is 8.64. The Morgan fingerprint density at radius 2 is 1.77 bits per heavy atom. The number of fused-ring (bicyclic) bond motifs is 1. The molecule has 0 bridgehead atoms. The van der Waals surface area contributed by atoms with E-state index in [9.17, 15) is 8.42 Å². The average Bonchev–Trinajstić information content (AvgIpc) is 2.78. The van der Waals surface area contributed by atoms with Gasteiger partial charge < -0.3 is 4.74 Å². The van der Waals surface area contributed by atoms with E-state index in [0.717, 1.165) is 0 Å². The molecule has 1 N–H and O–H groups in total. The van der Waals surface area contributed by atoms with Crippen molar-refractivity contribution in [3.63, 3.8) is 0 Å². The topological polar surface area (TPSA) is 81.2 Å². The van der Waals surface area contributed by atoms with Gasteiger partial charge in [0.05, 0.1) is 28.9 Å². The second-order valence-electron chi connectivity index (χ2n) is 6.42. The summed E-state index contributed by atoms with van der Waals surface area (Å²) in [5.74, 6) is 6.44. The molecule has 2 aromatic carbocycles. The first-order chi connectivity index (χ1) is 15.0. The normalized spacial score (nSPS) is 10.9. The van der Waals surface area contributed by atoms with Crippen molar-refractivity contribution >= 4 is 38.2 Å². The van der Waals surface area contributed by atoms with Crippen LogP contribution in [0.15, 0.2) is 78.1 Å². The minimum absolute atomic E-state index is 0.0435. The zero-order chi connectivity index (χ0) is 21.8. The highest BCUT2D eigenvalue weighted by molar-refractivity contribution is 7.93. The van der Waals surface area contributed by atoms with Gasteiger partial charge in [-0.05, 0) is 42.5 Å². The molecule has 154 valence electrons. The Kier molecular flexibility index (Phi) is 5.76. The maximum atomic E-state index is 13.2. The number of ether oxygens (including phenoxy) is 1. The molecule has 31 heavy (non-hydrogen) atoms. The fourth-order valence-electron chi connectivity index (χ4n) is 3.00. The molecule has 8 heteroatoms. The number of methoxy groups -OCH3 is 1. The molecule has 0 saturated heterocycles. The molecule has 2 aromatic heterocycles. The van der Waals surface area contributed by atoms with E-state index in [4.69, 9.17) is 16.3 Å². The van der Waals surface area contributed by atoms with Crippen LogP contribution in [0.25, 0.3) is 10.9 Å². The lowest BCUT2D eigenvalue weighted by molar-refractivity contribution is 0.419. The number of hydrogen-bond acceptors (Lipinski definition) is 5. The molecule has 0 unspecified atom stereocenters. The molecular formula is C23H16ClN3O3S. The summed E-state index contributed by atoms with van der Waals surface area (Å²) < 4.78 is 34.4. The molecule has 0 aliphatic carbocycles. The second-order valence-corrected chi connectivity index (χ2v) is 8.48. The maximum Gasteiger partial charge on any atom is 0.264 e. The monoisotopic (exact) mass is 449 g/mol. The first kappa shape index (κ1) is 20.7. The van der Waals surface area contributed by atoms with Gasteiger partial charge in [-0.25, -0.2) is 8.42 Å². The van der Waals surface area contributed by atoms with Gasteiger partial charge in [0.25, 0.3) is 10.0 Å². The predicted molar refractivity (Wildman–Crippen MR) is 121 cm³/mol. The number of para-hydroxylation sites is 1. The van der Waals surface area contributed by atoms with E-state index in [2.05, 4.69) is 26.5 Å². The molecule has 0 atom stereocenters. The van der Waals surface area contributed by atoms with E-state index in [0.29, 0.717) is 38.5 Å². The Morgan fingerprint density at radius 3 is 2.58 bits per heavy atom. The van der Waals surface area contributed by atoms with Gasteiger partial charge >= 0.3 is 0 Å². The van der Waals surface area contributed by atoms with Crippen LogP contribution < -0.4 is 9.46 Å². The first-order valence-electron chi connectivity index (χ1n) is 9.15. The molecule has 0 amide bonds. The SMILES string of the molecule is COc1ccc(S(=O)(=O)Nc2ccccc2C#Cc2cnccc2Cl)c2ncccc12. The van der Waals surface area contributed by atoms with E-state index in [1.807, 2.05) is 0 Å². The zero-order valence-corrected chi connectivity index (χ0v) is 17.9. The summed E-state index contributed by atoms with van der Waals surface area (Å²) >= 11 is 6.13. The van der Waals surface area contributed by atoms with Gasteiger partial charge in [0.15, 0.2) is 0 Å². The van der Waals surface area contributed by atoms with Crippen LogP contribution in [0.3, 0.4) is 0 Å². The predicted octanol–water partition coefficient (Wildman–Crippen LogP) is 4.49. The maximum absolute atomic E-state index is 13.2. The number of anilines is 1. The Balaban J connectivity index is 1.75. The average molecular weight is 450 g/mol. The number of nitrogens with one attached hydrogen (secondary N) is 1. The highest BCUT2D eigenvalue weighted by atomic mass is 35.5. The molecule has 0 spiro atoms. The van der Waals surface area contributed by atoms with Gasteiger partial charge in [-0.1, -0.05) is 35.6 Å². The summed E-state index contributed by atoms with van der Waals surface area (Å²) in [6.45, 7) is 0. The van der Waals surface area contributed by atoms with Gasteiger partial charge in [-0.3, -0.25) is 14.7 Å². The van der Waals surface area contributed by atoms with Crippen LogP contribution in [-0.4, -0.2) is 25.5 Å². The molecule has 0 aliphatic heterocycles. The summed E-state index contributed by atoms with van der Waals surface area (Å²) in [7, 11) is -2.43. The van der Waals surface area contributed by atoms with Crippen molar-refractivity contribution < 1.29 is 13.2 Å². The van der Waals surface area contributed by atoms with Crippen LogP contribution in [0.5, 0.6) is 5.75 Å². The molecule has 0 saturated carbocycles. The number of nitrogens with zero attached hydrogens (tertiary/aromatic N) is 2. The Hall–Kier alpha value is -3.60. The molecule has 0 radical (unpaired) electrons. The summed E-state index contributed by atoms with van der Waals surface area (Å²) in [5.41, 5.74) is 1.71. The van der Waals surface area contributed by atoms with E-state index in [-0.39, 0.29) is 4.90 Å². The lowest BCUT2D eigenvalue weighted by atomic mass is 10.1. The summed E-state index contributed by atoms with van der Waals surface area (Å²) in [6.07, 6.45) is 4.66. The van der Waals surface area contributed by atoms with Crippen molar-refractivity contribution in [1.82, 2.24) is 9.97 Å². The zero-order valence-electron chi connectivity index (χ0n) is 16.3. The van der Waals surface area contributed by atoms with E-state index in [1.54, 1.807) is 60.9 Å². The molecule has 2 heterocycles. The number of pyridine rings is 2. The van der Waals surface area contributed by atoms with Gasteiger partial charge in [0, 0.05) is 29.5 Å². The quantitative estimate of drug-likeness (QED) is 0.464. The minimum Gasteiger partial charge on any atom is -0.496 e. The number of hydrogen-bond donors (Lipinski definition) is 1. The van der Waals surface area contributed by atoms with Crippen LogP contribution in [0.1, 0.15) is 11.1 Å². The molecular weight excluding hydrogens is 434 g/mol. The lowest BCUT2D eigenvalue weighted by Crippen LogP contribution is -2.14. The van der Waals surface area contributed by atoms with Crippen molar-refractivity contribution in [1.29, 1.82) is 0 Å². The van der Waals surface area contributed by atoms with E-state index in [1.165, 1.54) is 19.4 Å². The smallest absolute Gasteiger partial charge is 0.264 e. The third kappa shape index (κ3) is 4.31. The van der Waals surface area contributed by atoms with Crippen molar-refractivity contribution in [2.45, 2.75) is 4.90 Å². The van der Waals surface area contributed by atoms with Gasteiger partial charge in [0.2, 0.25) is 0 Å². The minimum atomic E-state index is -3.95. The first-order valence-corrected chi connectivity index (χ1v) is 11.0. The molecule has 0 fully saturated rings. The highest BCUT2D eigenvalue weighted by Crippen LogP contribution is 2.30. The van der Waals surface area contributed by atoms with Crippen molar-refractivity contribution in [3.05, 3.63) is 89.3 Å². The molecule has 4 rings (SSSR count). The van der Waals surface area contributed by atoms with Gasteiger partial charge in [-0.15, -0.1) is 0 Å². The van der Waals surface area contributed by atoms with E-state index < -0.39 is 10.0 Å². The van der Waals surface area contributed by atoms with Crippen molar-refractivity contribution in [3.8, 4) is 17.6 Å². The molecule has 0 aliphatic rings. The van der Waals surface area contributed by atoms with Gasteiger partial charge in [0.1, 0.15) is 10.6 Å². The summed E-state index contributed by atoms with van der Waals surface area (Å²) in [5, 5.41) is 1.07. The fraction of sp³-hybridized carbons (Fsp3) is 0.0435. The number of benzene rings is 2. The van der Waals surface area contributed by atoms with Crippen LogP contribution in [0, 0.1) is 11.8 Å². The largest absolute Gasteiger partial charge is 0.496 e. The number of halogens is 1. The van der Waals surface area contributed by atoms with Crippen LogP contribution in [0.4, 0.5) is 5.69 Å². The number of sulfonamides is 1. The van der Waals surface area contributed by atoms with Crippen molar-refractivity contribution in [2.24, 2.45) is 0 Å². The standard InChI is InChI=1S/C23H16ClN3O3S/c1-30-21-10-11-22(23-18(21)6-4-13-26-23)31(28,29)27-20-7-3-2-5-16(20)8-9-17-15-25-14-12-19(17)24/h2-7,10-15,27H,1H3.